The van der Waals surface area contributed by atoms with Crippen LogP contribution in [0.15, 0.2) is 12.7 Å². The third-order valence-corrected chi connectivity index (χ3v) is 5.12. The molecule has 0 aliphatic rings. The van der Waals surface area contributed by atoms with Crippen molar-refractivity contribution < 1.29 is 9.53 Å². The Balaban J connectivity index is 3.06. The number of carbonyl (C=O) groups excluding carboxylic acids is 1. The van der Waals surface area contributed by atoms with Gasteiger partial charge < -0.3 is 4.74 Å². The van der Waals surface area contributed by atoms with Crippen LogP contribution in [0.5, 0.6) is 0 Å². The highest BCUT2D eigenvalue weighted by molar-refractivity contribution is 14.2. The van der Waals surface area contributed by atoms with Crippen molar-refractivity contribution in [2.45, 2.75) is 26.9 Å². The van der Waals surface area contributed by atoms with Crippen molar-refractivity contribution in [3.05, 3.63) is 12.7 Å². The van der Waals surface area contributed by atoms with Gasteiger partial charge in [0.2, 0.25) is 0 Å². The predicted octanol–water partition coefficient (Wildman–Crippen LogP) is 3.16. The van der Waals surface area contributed by atoms with Crippen molar-refractivity contribution in [3.63, 3.8) is 0 Å². The number of ether oxygens (including phenoxy) is 1. The van der Waals surface area contributed by atoms with Crippen molar-refractivity contribution in [2.75, 3.05) is 6.61 Å². The van der Waals surface area contributed by atoms with Crippen molar-refractivity contribution in [2.24, 2.45) is 0 Å². The van der Waals surface area contributed by atoms with E-state index in [4.69, 9.17) is 4.74 Å². The van der Waals surface area contributed by atoms with Gasteiger partial charge in [0, 0.05) is 6.08 Å². The van der Waals surface area contributed by atoms with E-state index in [1.54, 1.807) is 0 Å². The summed E-state index contributed by atoms with van der Waals surface area (Å²) in [6.07, 6.45) is 4.57. The molecule has 0 unspecified atom stereocenters. The van der Waals surface area contributed by atoms with Crippen LogP contribution in [0.4, 0.5) is 0 Å². The van der Waals surface area contributed by atoms with Gasteiger partial charge in [-0.15, -0.1) is 0 Å². The zero-order valence-electron chi connectivity index (χ0n) is 7.97. The molecule has 2 nitrogen and oxygen atoms in total. The number of halogens is 2. The van der Waals surface area contributed by atoms with E-state index >= 15 is 0 Å². The van der Waals surface area contributed by atoms with Crippen LogP contribution in [-0.2, 0) is 9.53 Å². The minimum atomic E-state index is -0.313. The molecule has 0 spiro atoms. The molecule has 14 heavy (non-hydrogen) atoms. The summed E-state index contributed by atoms with van der Waals surface area (Å²) >= 11 is 4.89. The van der Waals surface area contributed by atoms with Crippen LogP contribution in [0.3, 0.4) is 0 Å². The summed E-state index contributed by atoms with van der Waals surface area (Å²) in [5, 5.41) is 0. The van der Waals surface area contributed by atoms with Crippen molar-refractivity contribution >= 4 is 60.7 Å². The second kappa shape index (κ2) is 10.4. The lowest BCUT2D eigenvalue weighted by atomic mass is 10.3. The van der Waals surface area contributed by atoms with Crippen molar-refractivity contribution in [1.82, 2.24) is 0 Å². The number of hydrogen-bond donors (Lipinski definition) is 0. The summed E-state index contributed by atoms with van der Waals surface area (Å²) in [5.74, 6) is -0.313. The van der Waals surface area contributed by atoms with Crippen LogP contribution in [0, 0.1) is 0 Å². The van der Waals surface area contributed by atoms with Gasteiger partial charge in [-0.2, -0.15) is 0 Å². The first-order valence-corrected chi connectivity index (χ1v) is 8.25. The van der Waals surface area contributed by atoms with E-state index < -0.39 is 0 Å². The number of carbonyl (C=O) groups is 1. The zero-order chi connectivity index (χ0) is 10.8. The van der Waals surface area contributed by atoms with Crippen LogP contribution < -0.4 is 0 Å². The number of hydrogen-bond acceptors (Lipinski definition) is 2. The summed E-state index contributed by atoms with van der Waals surface area (Å²) in [7, 11) is 1.05. The number of unbranched alkanes of at least 4 members (excludes halogenated alkanes) is 2. The lowest BCUT2D eigenvalue weighted by Crippen LogP contribution is -2.02. The molecule has 0 amide bonds. The molecule has 0 aromatic rings. The lowest BCUT2D eigenvalue weighted by Gasteiger charge is -2.02. The number of esters is 1. The maximum atomic E-state index is 10.6. The molecule has 0 atom stereocenters. The van der Waals surface area contributed by atoms with Crippen LogP contribution in [0.1, 0.15) is 19.3 Å². The Morgan fingerprint density at radius 1 is 1.43 bits per heavy atom. The standard InChI is InChI=1S/C9H14I2O2Si/c1-2-8(12)13-6-4-3-5-7-14-9(10)11/h2,9H,1,3-7H2. The van der Waals surface area contributed by atoms with E-state index in [9.17, 15) is 4.79 Å². The first-order chi connectivity index (χ1) is 6.66. The first-order valence-electron chi connectivity index (χ1n) is 4.47. The van der Waals surface area contributed by atoms with E-state index in [0.717, 1.165) is 23.9 Å². The Morgan fingerprint density at radius 2 is 2.14 bits per heavy atom. The summed E-state index contributed by atoms with van der Waals surface area (Å²) < 4.78 is 5.63. The van der Waals surface area contributed by atoms with Crippen LogP contribution in [0.25, 0.3) is 0 Å². The number of rotatable bonds is 8. The Bertz CT molecular complexity index is 174. The highest BCUT2D eigenvalue weighted by Gasteiger charge is 1.99. The van der Waals surface area contributed by atoms with Gasteiger partial charge in [0.05, 0.1) is 17.7 Å². The molecule has 0 saturated heterocycles. The van der Waals surface area contributed by atoms with Gasteiger partial charge in [-0.1, -0.05) is 70.6 Å². The minimum Gasteiger partial charge on any atom is -0.463 e. The Hall–Kier alpha value is 0.887. The maximum absolute atomic E-state index is 10.6. The molecular formula is C9H14I2O2Si. The van der Waals surface area contributed by atoms with Crippen LogP contribution in [-0.4, -0.2) is 23.7 Å². The first kappa shape index (κ1) is 14.9. The van der Waals surface area contributed by atoms with E-state index in [2.05, 4.69) is 51.8 Å². The second-order valence-corrected chi connectivity index (χ2v) is 11.4. The fourth-order valence-corrected chi connectivity index (χ4v) is 3.39. The van der Waals surface area contributed by atoms with E-state index in [-0.39, 0.29) is 5.97 Å². The summed E-state index contributed by atoms with van der Waals surface area (Å²) in [6, 6.07) is 1.30. The van der Waals surface area contributed by atoms with Gasteiger partial charge in [0.25, 0.3) is 0 Å². The molecule has 0 saturated carbocycles. The predicted molar refractivity (Wildman–Crippen MR) is 77.4 cm³/mol. The van der Waals surface area contributed by atoms with E-state index in [1.807, 2.05) is 0 Å². The third-order valence-electron chi connectivity index (χ3n) is 1.53. The molecule has 5 heteroatoms. The molecule has 2 radical (unpaired) electrons. The van der Waals surface area contributed by atoms with Crippen molar-refractivity contribution in [3.8, 4) is 0 Å². The molecule has 0 fully saturated rings. The molecule has 0 aliphatic heterocycles. The summed E-state index contributed by atoms with van der Waals surface area (Å²) in [4.78, 5) is 10.6. The molecule has 0 aromatic heterocycles. The van der Waals surface area contributed by atoms with Gasteiger partial charge in [-0.25, -0.2) is 4.79 Å². The van der Waals surface area contributed by atoms with Gasteiger partial charge in [-0.3, -0.25) is 0 Å². The fraction of sp³-hybridized carbons (Fsp3) is 0.667. The van der Waals surface area contributed by atoms with Gasteiger partial charge >= 0.3 is 5.97 Å². The second-order valence-electron chi connectivity index (χ2n) is 2.69. The highest BCUT2D eigenvalue weighted by atomic mass is 127. The van der Waals surface area contributed by atoms with E-state index in [0.29, 0.717) is 6.61 Å². The average Bonchev–Trinajstić information content (AvgIpc) is 2.15. The maximum Gasteiger partial charge on any atom is 0.330 e. The lowest BCUT2D eigenvalue weighted by molar-refractivity contribution is -0.137. The molecule has 0 aromatic carbocycles. The van der Waals surface area contributed by atoms with Crippen LogP contribution in [0.2, 0.25) is 6.04 Å². The van der Waals surface area contributed by atoms with Crippen molar-refractivity contribution in [1.29, 1.82) is 0 Å². The van der Waals surface area contributed by atoms with E-state index in [1.165, 1.54) is 18.5 Å². The summed E-state index contributed by atoms with van der Waals surface area (Å²) in [5.41, 5.74) is 0. The average molecular weight is 436 g/mol. The number of alkyl halides is 2. The Labute approximate surface area is 115 Å². The third kappa shape index (κ3) is 11.0. The molecular weight excluding hydrogens is 422 g/mol. The van der Waals surface area contributed by atoms with Crippen LogP contribution >= 0.6 is 45.2 Å². The monoisotopic (exact) mass is 436 g/mol. The zero-order valence-corrected chi connectivity index (χ0v) is 13.3. The fourth-order valence-electron chi connectivity index (χ4n) is 0.847. The normalized spacial score (nSPS) is 10.2. The highest BCUT2D eigenvalue weighted by Crippen LogP contribution is 2.11. The van der Waals surface area contributed by atoms with Gasteiger partial charge in [0.15, 0.2) is 0 Å². The molecule has 0 bridgehead atoms. The molecule has 80 valence electrons. The molecule has 0 N–H and O–H groups in total. The Kier molecular flexibility index (Phi) is 11.1. The minimum absolute atomic E-state index is 0.313. The Morgan fingerprint density at radius 3 is 2.71 bits per heavy atom. The smallest absolute Gasteiger partial charge is 0.330 e. The molecule has 0 aliphatic carbocycles. The SMILES string of the molecule is C=CC(=O)OCCCCC[Si]C(I)I. The van der Waals surface area contributed by atoms with Gasteiger partial charge in [0.1, 0.15) is 0 Å². The topological polar surface area (TPSA) is 26.3 Å². The molecule has 0 heterocycles. The summed E-state index contributed by atoms with van der Waals surface area (Å²) in [6.45, 7) is 3.87. The quantitative estimate of drug-likeness (QED) is 0.146. The largest absolute Gasteiger partial charge is 0.463 e. The van der Waals surface area contributed by atoms with Gasteiger partial charge in [-0.05, 0) is 6.42 Å². The molecule has 0 rings (SSSR count).